The van der Waals surface area contributed by atoms with Crippen molar-refractivity contribution in [3.63, 3.8) is 0 Å². The average Bonchev–Trinajstić information content (AvgIpc) is 3.14. The Morgan fingerprint density at radius 3 is 2.85 bits per heavy atom. The van der Waals surface area contributed by atoms with E-state index in [4.69, 9.17) is 4.42 Å². The Labute approximate surface area is 156 Å². The van der Waals surface area contributed by atoms with Gasteiger partial charge in [0.05, 0.1) is 17.3 Å². The van der Waals surface area contributed by atoms with E-state index in [9.17, 15) is 13.2 Å². The number of anilines is 1. The lowest BCUT2D eigenvalue weighted by Gasteiger charge is -2.08. The normalized spacial score (nSPS) is 18.8. The third-order valence-corrected chi connectivity index (χ3v) is 6.88. The van der Waals surface area contributed by atoms with Crippen molar-refractivity contribution in [2.75, 3.05) is 22.6 Å². The van der Waals surface area contributed by atoms with E-state index in [1.54, 1.807) is 0 Å². The Bertz CT molecular complexity index is 908. The van der Waals surface area contributed by atoms with Gasteiger partial charge in [-0.25, -0.2) is 8.42 Å². The monoisotopic (exact) mass is 395 g/mol. The van der Waals surface area contributed by atoms with Gasteiger partial charge in [0.15, 0.2) is 9.84 Å². The van der Waals surface area contributed by atoms with Crippen molar-refractivity contribution >= 4 is 33.2 Å². The summed E-state index contributed by atoms with van der Waals surface area (Å²) in [5.41, 5.74) is 2.94. The smallest absolute Gasteiger partial charge is 0.277 e. The van der Waals surface area contributed by atoms with E-state index in [1.165, 1.54) is 0 Å². The van der Waals surface area contributed by atoms with Crippen LogP contribution in [-0.2, 0) is 21.1 Å². The van der Waals surface area contributed by atoms with E-state index >= 15 is 0 Å². The van der Waals surface area contributed by atoms with Crippen LogP contribution >= 0.6 is 11.8 Å². The van der Waals surface area contributed by atoms with Crippen LogP contribution in [-0.4, -0.2) is 41.8 Å². The lowest BCUT2D eigenvalue weighted by molar-refractivity contribution is -0.113. The molecule has 2 heterocycles. The molecule has 1 N–H and O–H groups in total. The van der Waals surface area contributed by atoms with E-state index in [1.807, 2.05) is 32.0 Å². The quantitative estimate of drug-likeness (QED) is 0.749. The highest BCUT2D eigenvalue weighted by molar-refractivity contribution is 7.99. The minimum absolute atomic E-state index is 0.0334. The second-order valence-electron chi connectivity index (χ2n) is 6.59. The minimum atomic E-state index is -2.91. The molecule has 1 atom stereocenters. The number of hydrogen-bond donors (Lipinski definition) is 1. The zero-order valence-electron chi connectivity index (χ0n) is 14.7. The Balaban J connectivity index is 1.49. The van der Waals surface area contributed by atoms with E-state index in [-0.39, 0.29) is 29.1 Å². The maximum Gasteiger partial charge on any atom is 0.277 e. The molecule has 2 aromatic rings. The molecule has 0 spiro atoms. The number of sulfone groups is 1. The van der Waals surface area contributed by atoms with Gasteiger partial charge in [-0.3, -0.25) is 4.79 Å². The summed E-state index contributed by atoms with van der Waals surface area (Å²) in [6.07, 6.45) is 1.09. The maximum atomic E-state index is 12.1. The van der Waals surface area contributed by atoms with Crippen LogP contribution in [0.5, 0.6) is 0 Å². The molecule has 1 saturated heterocycles. The van der Waals surface area contributed by atoms with E-state index in [0.29, 0.717) is 24.0 Å². The van der Waals surface area contributed by atoms with Crippen molar-refractivity contribution in [1.29, 1.82) is 0 Å². The van der Waals surface area contributed by atoms with Crippen molar-refractivity contribution in [2.24, 2.45) is 5.92 Å². The van der Waals surface area contributed by atoms with Crippen LogP contribution < -0.4 is 5.32 Å². The third-order valence-electron chi connectivity index (χ3n) is 4.22. The second kappa shape index (κ2) is 7.79. The number of aryl methyl sites for hydroxylation is 2. The van der Waals surface area contributed by atoms with Crippen LogP contribution in [0.4, 0.5) is 5.69 Å². The standard InChI is InChI=1S/C17H21N3O4S2/c1-11-3-4-14(12(2)7-11)18-15(21)9-25-17-20-19-16(24-17)8-13-5-6-26(22,23)10-13/h3-4,7,13H,5-6,8-10H2,1-2H3,(H,18,21)/t13-/m0/s1. The number of hydrogen-bond acceptors (Lipinski definition) is 7. The molecule has 3 rings (SSSR count). The topological polar surface area (TPSA) is 102 Å². The van der Waals surface area contributed by atoms with Crippen molar-refractivity contribution in [3.8, 4) is 0 Å². The lowest BCUT2D eigenvalue weighted by atomic mass is 10.1. The first kappa shape index (κ1) is 18.9. The molecule has 140 valence electrons. The summed E-state index contributed by atoms with van der Waals surface area (Å²) < 4.78 is 28.5. The fraction of sp³-hybridized carbons (Fsp3) is 0.471. The van der Waals surface area contributed by atoms with Gasteiger partial charge in [0.2, 0.25) is 11.8 Å². The number of rotatable bonds is 6. The molecule has 7 nitrogen and oxygen atoms in total. The van der Waals surface area contributed by atoms with Crippen molar-refractivity contribution in [3.05, 3.63) is 35.2 Å². The molecule has 1 aliphatic heterocycles. The maximum absolute atomic E-state index is 12.1. The molecule has 1 aromatic heterocycles. The van der Waals surface area contributed by atoms with Crippen LogP contribution in [0.2, 0.25) is 0 Å². The first-order chi connectivity index (χ1) is 12.3. The van der Waals surface area contributed by atoms with Crippen LogP contribution in [0.15, 0.2) is 27.8 Å². The fourth-order valence-corrected chi connectivity index (χ4v) is 5.37. The van der Waals surface area contributed by atoms with Gasteiger partial charge in [0.25, 0.3) is 5.22 Å². The summed E-state index contributed by atoms with van der Waals surface area (Å²) in [5, 5.41) is 11.1. The van der Waals surface area contributed by atoms with Gasteiger partial charge in [-0.15, -0.1) is 10.2 Å². The van der Waals surface area contributed by atoms with Gasteiger partial charge < -0.3 is 9.73 Å². The van der Waals surface area contributed by atoms with Crippen molar-refractivity contribution in [2.45, 2.75) is 31.9 Å². The van der Waals surface area contributed by atoms with E-state index in [2.05, 4.69) is 15.5 Å². The number of nitrogens with zero attached hydrogens (tertiary/aromatic N) is 2. The number of thioether (sulfide) groups is 1. The molecular formula is C17H21N3O4S2. The highest BCUT2D eigenvalue weighted by atomic mass is 32.2. The molecule has 9 heteroatoms. The minimum Gasteiger partial charge on any atom is -0.416 e. The Morgan fingerprint density at radius 2 is 2.15 bits per heavy atom. The number of carbonyl (C=O) groups is 1. The van der Waals surface area contributed by atoms with Crippen molar-refractivity contribution in [1.82, 2.24) is 10.2 Å². The number of benzene rings is 1. The zero-order chi connectivity index (χ0) is 18.7. The third kappa shape index (κ3) is 5.07. The summed E-state index contributed by atoms with van der Waals surface area (Å²) in [5.74, 6) is 0.869. The largest absolute Gasteiger partial charge is 0.416 e. The van der Waals surface area contributed by atoms with Gasteiger partial charge in [-0.2, -0.15) is 0 Å². The van der Waals surface area contributed by atoms with Gasteiger partial charge in [0, 0.05) is 12.1 Å². The number of amides is 1. The Hall–Kier alpha value is -1.87. The number of aromatic nitrogens is 2. The van der Waals surface area contributed by atoms with Gasteiger partial charge in [-0.05, 0) is 37.8 Å². The van der Waals surface area contributed by atoms with Gasteiger partial charge in [0.1, 0.15) is 0 Å². The van der Waals surface area contributed by atoms with Crippen molar-refractivity contribution < 1.29 is 17.6 Å². The first-order valence-corrected chi connectivity index (χ1v) is 11.1. The highest BCUT2D eigenvalue weighted by Crippen LogP contribution is 2.24. The van der Waals surface area contributed by atoms with Crippen LogP contribution in [0.25, 0.3) is 0 Å². The fourth-order valence-electron chi connectivity index (χ4n) is 2.93. The predicted molar refractivity (Wildman–Crippen MR) is 100 cm³/mol. The summed E-state index contributed by atoms with van der Waals surface area (Å²) in [6.45, 7) is 3.95. The second-order valence-corrected chi connectivity index (χ2v) is 9.75. The lowest BCUT2D eigenvalue weighted by Crippen LogP contribution is -2.14. The number of carbonyl (C=O) groups excluding carboxylic acids is 1. The van der Waals surface area contributed by atoms with E-state index in [0.717, 1.165) is 28.6 Å². The zero-order valence-corrected chi connectivity index (χ0v) is 16.3. The molecule has 1 amide bonds. The van der Waals surface area contributed by atoms with Crippen LogP contribution in [0.1, 0.15) is 23.4 Å². The van der Waals surface area contributed by atoms with Crippen LogP contribution in [0, 0.1) is 19.8 Å². The molecule has 1 aromatic carbocycles. The number of nitrogens with one attached hydrogen (secondary N) is 1. The molecule has 26 heavy (non-hydrogen) atoms. The summed E-state index contributed by atoms with van der Waals surface area (Å²) in [4.78, 5) is 12.1. The molecular weight excluding hydrogens is 374 g/mol. The van der Waals surface area contributed by atoms with Gasteiger partial charge >= 0.3 is 0 Å². The molecule has 1 fully saturated rings. The average molecular weight is 396 g/mol. The molecule has 0 unspecified atom stereocenters. The predicted octanol–water partition coefficient (Wildman–Crippen LogP) is 2.39. The molecule has 0 saturated carbocycles. The molecule has 0 radical (unpaired) electrons. The first-order valence-electron chi connectivity index (χ1n) is 8.33. The molecule has 0 aliphatic carbocycles. The SMILES string of the molecule is Cc1ccc(NC(=O)CSc2nnc(C[C@@H]3CCS(=O)(=O)C3)o2)c(C)c1. The molecule has 1 aliphatic rings. The Morgan fingerprint density at radius 1 is 1.35 bits per heavy atom. The van der Waals surface area contributed by atoms with Crippen LogP contribution in [0.3, 0.4) is 0 Å². The van der Waals surface area contributed by atoms with Gasteiger partial charge in [-0.1, -0.05) is 29.5 Å². The summed E-state index contributed by atoms with van der Waals surface area (Å²) >= 11 is 1.16. The van der Waals surface area contributed by atoms with E-state index < -0.39 is 9.84 Å². The highest BCUT2D eigenvalue weighted by Gasteiger charge is 2.29. The molecule has 0 bridgehead atoms. The summed E-state index contributed by atoms with van der Waals surface area (Å²) in [6, 6.07) is 5.84. The Kier molecular flexibility index (Phi) is 5.67. The summed E-state index contributed by atoms with van der Waals surface area (Å²) in [7, 11) is -2.91.